The average Bonchev–Trinajstić information content (AvgIpc) is 3.26. The van der Waals surface area contributed by atoms with Gasteiger partial charge in [0.25, 0.3) is 0 Å². The summed E-state index contributed by atoms with van der Waals surface area (Å²) in [5.74, 6) is -0.0975. The van der Waals surface area contributed by atoms with Crippen molar-refractivity contribution in [2.24, 2.45) is 0 Å². The molecule has 6 nitrogen and oxygen atoms in total. The summed E-state index contributed by atoms with van der Waals surface area (Å²) in [5.41, 5.74) is 2.81. The zero-order valence-electron chi connectivity index (χ0n) is 13.4. The predicted octanol–water partition coefficient (Wildman–Crippen LogP) is 2.64. The second-order valence-corrected chi connectivity index (χ2v) is 7.29. The van der Waals surface area contributed by atoms with Crippen LogP contribution in [0.3, 0.4) is 0 Å². The van der Waals surface area contributed by atoms with E-state index >= 15 is 0 Å². The number of benzene rings is 1. The lowest BCUT2D eigenvalue weighted by Crippen LogP contribution is -2.24. The molecule has 1 aliphatic rings. The maximum Gasteiger partial charge on any atom is 0.344 e. The number of carbonyl (C=O) groups excluding carboxylic acids is 1. The normalized spacial score (nSPS) is 15.4. The van der Waals surface area contributed by atoms with Crippen LogP contribution in [0.1, 0.15) is 36.9 Å². The molecular formula is C16H20N4O2S. The van der Waals surface area contributed by atoms with Gasteiger partial charge in [0.05, 0.1) is 5.25 Å². The van der Waals surface area contributed by atoms with Crippen molar-refractivity contribution in [2.45, 2.75) is 50.1 Å². The SMILES string of the molecule is Cc1ccc(NC(=O)[C@H](C)Sc2n[nH]c(=O)n2C2CC2)c(C)c1. The Labute approximate surface area is 138 Å². The van der Waals surface area contributed by atoms with Crippen molar-refractivity contribution >= 4 is 23.4 Å². The Morgan fingerprint density at radius 1 is 1.43 bits per heavy atom. The number of thioether (sulfide) groups is 1. The van der Waals surface area contributed by atoms with Gasteiger partial charge in [-0.2, -0.15) is 0 Å². The first-order chi connectivity index (χ1) is 11.0. The van der Waals surface area contributed by atoms with E-state index in [0.717, 1.165) is 29.7 Å². The second kappa shape index (κ2) is 6.23. The van der Waals surface area contributed by atoms with E-state index in [0.29, 0.717) is 5.16 Å². The number of nitrogens with one attached hydrogen (secondary N) is 2. The van der Waals surface area contributed by atoms with Gasteiger partial charge < -0.3 is 5.32 Å². The zero-order valence-corrected chi connectivity index (χ0v) is 14.2. The number of anilines is 1. The van der Waals surface area contributed by atoms with Crippen molar-refractivity contribution in [3.63, 3.8) is 0 Å². The first-order valence-electron chi connectivity index (χ1n) is 7.67. The third-order valence-electron chi connectivity index (χ3n) is 3.88. The smallest absolute Gasteiger partial charge is 0.325 e. The van der Waals surface area contributed by atoms with Gasteiger partial charge in [0.1, 0.15) is 0 Å². The third-order valence-corrected chi connectivity index (χ3v) is 4.94. The van der Waals surface area contributed by atoms with Gasteiger partial charge in [-0.05, 0) is 45.2 Å². The fourth-order valence-electron chi connectivity index (χ4n) is 2.43. The van der Waals surface area contributed by atoms with Crippen LogP contribution in [0.4, 0.5) is 5.69 Å². The summed E-state index contributed by atoms with van der Waals surface area (Å²) >= 11 is 1.30. The average molecular weight is 332 g/mol. The maximum atomic E-state index is 12.4. The van der Waals surface area contributed by atoms with Crippen LogP contribution in [0.15, 0.2) is 28.2 Å². The lowest BCUT2D eigenvalue weighted by atomic mass is 10.1. The van der Waals surface area contributed by atoms with Gasteiger partial charge in [0.2, 0.25) is 5.91 Å². The minimum Gasteiger partial charge on any atom is -0.325 e. The Bertz CT molecular complexity index is 792. The van der Waals surface area contributed by atoms with Crippen LogP contribution in [-0.2, 0) is 4.79 Å². The highest BCUT2D eigenvalue weighted by Gasteiger charge is 2.30. The number of hydrogen-bond donors (Lipinski definition) is 2. The standard InChI is InChI=1S/C16H20N4O2S/c1-9-4-7-13(10(2)8-9)17-14(21)11(3)23-16-19-18-15(22)20(16)12-5-6-12/h4,7-8,11-12H,5-6H2,1-3H3,(H,17,21)(H,18,22)/t11-/m0/s1. The van der Waals surface area contributed by atoms with Crippen molar-refractivity contribution in [1.82, 2.24) is 14.8 Å². The van der Waals surface area contributed by atoms with Crippen molar-refractivity contribution in [1.29, 1.82) is 0 Å². The molecule has 0 saturated heterocycles. The fourth-order valence-corrected chi connectivity index (χ4v) is 3.35. The molecule has 0 spiro atoms. The molecule has 1 atom stereocenters. The number of aryl methyl sites for hydroxylation is 2. The summed E-state index contributed by atoms with van der Waals surface area (Å²) in [6, 6.07) is 6.15. The van der Waals surface area contributed by atoms with Gasteiger partial charge in [-0.3, -0.25) is 9.36 Å². The molecule has 0 aliphatic heterocycles. The molecular weight excluding hydrogens is 312 g/mol. The predicted molar refractivity (Wildman–Crippen MR) is 91.0 cm³/mol. The van der Waals surface area contributed by atoms with E-state index in [2.05, 4.69) is 15.5 Å². The molecule has 122 valence electrons. The molecule has 1 amide bonds. The summed E-state index contributed by atoms with van der Waals surface area (Å²) in [6.07, 6.45) is 1.99. The molecule has 1 heterocycles. The Morgan fingerprint density at radius 3 is 2.83 bits per heavy atom. The number of nitrogens with zero attached hydrogens (tertiary/aromatic N) is 2. The van der Waals surface area contributed by atoms with Crippen LogP contribution in [0.25, 0.3) is 0 Å². The van der Waals surface area contributed by atoms with Gasteiger partial charge >= 0.3 is 5.69 Å². The summed E-state index contributed by atoms with van der Waals surface area (Å²) in [4.78, 5) is 24.2. The molecule has 1 aromatic carbocycles. The summed E-state index contributed by atoms with van der Waals surface area (Å²) < 4.78 is 1.66. The molecule has 1 aliphatic carbocycles. The Kier molecular flexibility index (Phi) is 4.30. The lowest BCUT2D eigenvalue weighted by molar-refractivity contribution is -0.115. The zero-order chi connectivity index (χ0) is 16.6. The maximum absolute atomic E-state index is 12.4. The van der Waals surface area contributed by atoms with Crippen LogP contribution in [-0.4, -0.2) is 25.9 Å². The van der Waals surface area contributed by atoms with E-state index in [9.17, 15) is 9.59 Å². The summed E-state index contributed by atoms with van der Waals surface area (Å²) in [6.45, 7) is 5.81. The Balaban J connectivity index is 1.69. The molecule has 23 heavy (non-hydrogen) atoms. The molecule has 0 bridgehead atoms. The van der Waals surface area contributed by atoms with E-state index in [1.807, 2.05) is 39.0 Å². The molecule has 2 aromatic rings. The van der Waals surface area contributed by atoms with E-state index in [-0.39, 0.29) is 22.9 Å². The van der Waals surface area contributed by atoms with Crippen LogP contribution in [0, 0.1) is 13.8 Å². The van der Waals surface area contributed by atoms with Gasteiger partial charge in [0, 0.05) is 11.7 Å². The van der Waals surface area contributed by atoms with Gasteiger partial charge in [-0.25, -0.2) is 9.89 Å². The van der Waals surface area contributed by atoms with Crippen molar-refractivity contribution in [3.8, 4) is 0 Å². The third kappa shape index (κ3) is 3.50. The first kappa shape index (κ1) is 15.9. The van der Waals surface area contributed by atoms with Gasteiger partial charge in [0.15, 0.2) is 5.16 Å². The minimum absolute atomic E-state index is 0.0975. The number of aromatic nitrogens is 3. The van der Waals surface area contributed by atoms with Crippen molar-refractivity contribution < 1.29 is 4.79 Å². The minimum atomic E-state index is -0.344. The summed E-state index contributed by atoms with van der Waals surface area (Å²) in [7, 11) is 0. The van der Waals surface area contributed by atoms with Crippen LogP contribution >= 0.6 is 11.8 Å². The van der Waals surface area contributed by atoms with E-state index in [4.69, 9.17) is 0 Å². The molecule has 0 radical (unpaired) electrons. The van der Waals surface area contributed by atoms with Gasteiger partial charge in [-0.15, -0.1) is 5.10 Å². The molecule has 3 rings (SSSR count). The monoisotopic (exact) mass is 332 g/mol. The van der Waals surface area contributed by atoms with E-state index in [1.54, 1.807) is 4.57 Å². The molecule has 1 fully saturated rings. The quantitative estimate of drug-likeness (QED) is 0.825. The Morgan fingerprint density at radius 2 is 2.17 bits per heavy atom. The molecule has 0 unspecified atom stereocenters. The second-order valence-electron chi connectivity index (χ2n) is 5.98. The number of hydrogen-bond acceptors (Lipinski definition) is 4. The van der Waals surface area contributed by atoms with Crippen molar-refractivity contribution in [3.05, 3.63) is 39.8 Å². The fraction of sp³-hybridized carbons (Fsp3) is 0.438. The van der Waals surface area contributed by atoms with E-state index < -0.39 is 0 Å². The van der Waals surface area contributed by atoms with Crippen molar-refractivity contribution in [2.75, 3.05) is 5.32 Å². The highest BCUT2D eigenvalue weighted by Crippen LogP contribution is 2.36. The number of amides is 1. The molecule has 7 heteroatoms. The van der Waals surface area contributed by atoms with Gasteiger partial charge in [-0.1, -0.05) is 29.5 Å². The Hall–Kier alpha value is -2.02. The lowest BCUT2D eigenvalue weighted by Gasteiger charge is -2.13. The highest BCUT2D eigenvalue weighted by atomic mass is 32.2. The number of carbonyl (C=O) groups is 1. The van der Waals surface area contributed by atoms with Crippen LogP contribution in [0.5, 0.6) is 0 Å². The largest absolute Gasteiger partial charge is 0.344 e. The van der Waals surface area contributed by atoms with E-state index in [1.165, 1.54) is 11.8 Å². The topological polar surface area (TPSA) is 79.8 Å². The molecule has 1 saturated carbocycles. The van der Waals surface area contributed by atoms with Crippen LogP contribution < -0.4 is 11.0 Å². The molecule has 2 N–H and O–H groups in total. The first-order valence-corrected chi connectivity index (χ1v) is 8.55. The van der Waals surface area contributed by atoms with Crippen LogP contribution in [0.2, 0.25) is 0 Å². The summed E-state index contributed by atoms with van der Waals surface area (Å²) in [5, 5.41) is 9.70. The highest BCUT2D eigenvalue weighted by molar-refractivity contribution is 8.00. The number of aromatic amines is 1. The number of rotatable bonds is 5. The number of H-pyrrole nitrogens is 1. The molecule has 1 aromatic heterocycles.